The summed E-state index contributed by atoms with van der Waals surface area (Å²) in [6.07, 6.45) is 0. The summed E-state index contributed by atoms with van der Waals surface area (Å²) in [5.74, 6) is 0.759. The lowest BCUT2D eigenvalue weighted by Crippen LogP contribution is -1.98. The van der Waals surface area contributed by atoms with Gasteiger partial charge >= 0.3 is 0 Å². The van der Waals surface area contributed by atoms with Crippen molar-refractivity contribution in [2.75, 3.05) is 0 Å². The van der Waals surface area contributed by atoms with Gasteiger partial charge in [0.2, 0.25) is 0 Å². The van der Waals surface area contributed by atoms with Crippen molar-refractivity contribution in [2.24, 2.45) is 0 Å². The molecule has 0 fully saturated rings. The maximum Gasteiger partial charge on any atom is 0.125 e. The van der Waals surface area contributed by atoms with Gasteiger partial charge in [-0.1, -0.05) is 52.3 Å². The zero-order chi connectivity index (χ0) is 12.8. The summed E-state index contributed by atoms with van der Waals surface area (Å²) in [7, 11) is 0. The summed E-state index contributed by atoms with van der Waals surface area (Å²) in [6, 6.07) is 17.6. The molecule has 90 valence electrons. The van der Waals surface area contributed by atoms with E-state index >= 15 is 0 Å². The first kappa shape index (κ1) is 12.7. The molecule has 0 atom stereocenters. The second-order valence-corrected chi connectivity index (χ2v) is 4.40. The molecule has 0 aliphatic heterocycles. The maximum atomic E-state index is 8.89. The van der Waals surface area contributed by atoms with E-state index in [1.807, 2.05) is 36.4 Å². The summed E-state index contributed by atoms with van der Waals surface area (Å²) in [5, 5.41) is 9.60. The fourth-order valence-electron chi connectivity index (χ4n) is 1.60. The van der Waals surface area contributed by atoms with Gasteiger partial charge in [0, 0.05) is 10.9 Å². The third kappa shape index (κ3) is 3.12. The third-order valence-corrected chi connectivity index (χ3v) is 3.18. The fourth-order valence-corrected chi connectivity index (χ4v) is 2.07. The van der Waals surface area contributed by atoms with Gasteiger partial charge in [0.25, 0.3) is 0 Å². The molecule has 0 aliphatic rings. The van der Waals surface area contributed by atoms with Crippen LogP contribution < -0.4 is 4.74 Å². The van der Waals surface area contributed by atoms with Crippen LogP contribution >= 0.6 is 15.9 Å². The molecule has 2 nitrogen and oxygen atoms in total. The van der Waals surface area contributed by atoms with Crippen molar-refractivity contribution in [1.29, 1.82) is 5.26 Å². The summed E-state index contributed by atoms with van der Waals surface area (Å²) in [4.78, 5) is 0. The Hall–Kier alpha value is -1.79. The minimum Gasteiger partial charge on any atom is -0.489 e. The average Bonchev–Trinajstić information content (AvgIpc) is 2.45. The van der Waals surface area contributed by atoms with Crippen LogP contribution in [0.15, 0.2) is 48.5 Å². The molecule has 0 radical (unpaired) electrons. The Morgan fingerprint density at radius 2 is 1.89 bits per heavy atom. The Bertz CT molecular complexity index is 560. The molecule has 0 saturated heterocycles. The molecule has 3 heteroatoms. The van der Waals surface area contributed by atoms with Crippen molar-refractivity contribution in [3.63, 3.8) is 0 Å². The Labute approximate surface area is 115 Å². The minimum atomic E-state index is 0.510. The summed E-state index contributed by atoms with van der Waals surface area (Å²) < 4.78 is 5.78. The first-order chi connectivity index (χ1) is 8.83. The highest BCUT2D eigenvalue weighted by Gasteiger charge is 2.04. The normalized spacial score (nSPS) is 9.78. The number of hydrogen-bond donors (Lipinski definition) is 0. The third-order valence-electron chi connectivity index (χ3n) is 2.58. The van der Waals surface area contributed by atoms with E-state index in [1.54, 1.807) is 12.1 Å². The highest BCUT2D eigenvalue weighted by molar-refractivity contribution is 9.08. The van der Waals surface area contributed by atoms with E-state index in [4.69, 9.17) is 10.00 Å². The van der Waals surface area contributed by atoms with Crippen molar-refractivity contribution in [3.8, 4) is 11.8 Å². The second kappa shape index (κ2) is 6.23. The molecule has 0 heterocycles. The molecule has 0 aliphatic carbocycles. The van der Waals surface area contributed by atoms with Gasteiger partial charge in [0.05, 0.1) is 11.6 Å². The molecule has 0 saturated carbocycles. The summed E-state index contributed by atoms with van der Waals surface area (Å²) >= 11 is 3.42. The van der Waals surface area contributed by atoms with Crippen LogP contribution in [-0.4, -0.2) is 0 Å². The molecule has 0 N–H and O–H groups in total. The zero-order valence-electron chi connectivity index (χ0n) is 9.77. The number of nitrogens with zero attached hydrogens (tertiary/aromatic N) is 1. The Kier molecular flexibility index (Phi) is 4.38. The van der Waals surface area contributed by atoms with E-state index in [0.717, 1.165) is 16.9 Å². The number of ether oxygens (including phenoxy) is 1. The number of halogens is 1. The number of hydrogen-bond acceptors (Lipinski definition) is 2. The van der Waals surface area contributed by atoms with Gasteiger partial charge in [-0.05, 0) is 17.7 Å². The zero-order valence-corrected chi connectivity index (χ0v) is 11.4. The van der Waals surface area contributed by atoms with Crippen molar-refractivity contribution in [1.82, 2.24) is 0 Å². The molecular weight excluding hydrogens is 290 g/mol. The average molecular weight is 302 g/mol. The van der Waals surface area contributed by atoms with Crippen LogP contribution in [0.1, 0.15) is 16.7 Å². The lowest BCUT2D eigenvalue weighted by Gasteiger charge is -2.10. The lowest BCUT2D eigenvalue weighted by atomic mass is 10.1. The first-order valence-electron chi connectivity index (χ1n) is 5.59. The predicted molar refractivity (Wildman–Crippen MR) is 74.6 cm³/mol. The fraction of sp³-hybridized carbons (Fsp3) is 0.133. The van der Waals surface area contributed by atoms with Gasteiger partial charge in [0.15, 0.2) is 0 Å². The molecule has 0 unspecified atom stereocenters. The molecule has 2 rings (SSSR count). The summed E-state index contributed by atoms with van der Waals surface area (Å²) in [5.41, 5.74) is 2.77. The highest BCUT2D eigenvalue weighted by Crippen LogP contribution is 2.23. The van der Waals surface area contributed by atoms with Crippen molar-refractivity contribution < 1.29 is 4.74 Å². The van der Waals surface area contributed by atoms with Gasteiger partial charge in [0.1, 0.15) is 12.4 Å². The number of nitriles is 1. The Balaban J connectivity index is 2.15. The Morgan fingerprint density at radius 3 is 2.56 bits per heavy atom. The van der Waals surface area contributed by atoms with E-state index in [2.05, 4.69) is 22.0 Å². The van der Waals surface area contributed by atoms with E-state index < -0.39 is 0 Å². The molecule has 0 spiro atoms. The van der Waals surface area contributed by atoms with Crippen molar-refractivity contribution in [2.45, 2.75) is 11.9 Å². The van der Waals surface area contributed by atoms with Crippen LogP contribution in [0.5, 0.6) is 5.75 Å². The van der Waals surface area contributed by atoms with Crippen LogP contribution in [0.4, 0.5) is 0 Å². The molecule has 0 amide bonds. The SMILES string of the molecule is N#Cc1ccc(CBr)c(OCc2ccccc2)c1. The van der Waals surface area contributed by atoms with E-state index in [1.165, 1.54) is 0 Å². The molecule has 2 aromatic carbocycles. The Morgan fingerprint density at radius 1 is 1.11 bits per heavy atom. The maximum absolute atomic E-state index is 8.89. The van der Waals surface area contributed by atoms with E-state index in [-0.39, 0.29) is 0 Å². The van der Waals surface area contributed by atoms with Crippen LogP contribution in [0.25, 0.3) is 0 Å². The minimum absolute atomic E-state index is 0.510. The molecule has 18 heavy (non-hydrogen) atoms. The number of benzene rings is 2. The van der Waals surface area contributed by atoms with E-state index in [0.29, 0.717) is 17.5 Å². The molecular formula is C15H12BrNO. The van der Waals surface area contributed by atoms with Gasteiger partial charge in [-0.2, -0.15) is 5.26 Å². The quantitative estimate of drug-likeness (QED) is 0.799. The predicted octanol–water partition coefficient (Wildman–Crippen LogP) is 4.03. The van der Waals surface area contributed by atoms with E-state index in [9.17, 15) is 0 Å². The topological polar surface area (TPSA) is 33.0 Å². The first-order valence-corrected chi connectivity index (χ1v) is 6.71. The van der Waals surface area contributed by atoms with Gasteiger partial charge < -0.3 is 4.74 Å². The van der Waals surface area contributed by atoms with Crippen molar-refractivity contribution >= 4 is 15.9 Å². The van der Waals surface area contributed by atoms with Gasteiger partial charge in [-0.15, -0.1) is 0 Å². The molecule has 0 aromatic heterocycles. The largest absolute Gasteiger partial charge is 0.489 e. The lowest BCUT2D eigenvalue weighted by molar-refractivity contribution is 0.304. The van der Waals surface area contributed by atoms with Crippen LogP contribution in [-0.2, 0) is 11.9 Å². The van der Waals surface area contributed by atoms with Gasteiger partial charge in [-0.3, -0.25) is 0 Å². The van der Waals surface area contributed by atoms with Crippen molar-refractivity contribution in [3.05, 3.63) is 65.2 Å². The monoisotopic (exact) mass is 301 g/mol. The van der Waals surface area contributed by atoms with Crippen LogP contribution in [0.2, 0.25) is 0 Å². The van der Waals surface area contributed by atoms with Gasteiger partial charge in [-0.25, -0.2) is 0 Å². The second-order valence-electron chi connectivity index (χ2n) is 3.84. The highest BCUT2D eigenvalue weighted by atomic mass is 79.9. The molecule has 0 bridgehead atoms. The van der Waals surface area contributed by atoms with Crippen LogP contribution in [0, 0.1) is 11.3 Å². The molecule has 2 aromatic rings. The summed E-state index contributed by atoms with van der Waals surface area (Å²) in [6.45, 7) is 0.510. The number of rotatable bonds is 4. The smallest absolute Gasteiger partial charge is 0.125 e. The number of alkyl halides is 1. The standard InChI is InChI=1S/C15H12BrNO/c16-9-14-7-6-13(10-17)8-15(14)18-11-12-4-2-1-3-5-12/h1-8H,9,11H2. The van der Waals surface area contributed by atoms with Crippen LogP contribution in [0.3, 0.4) is 0 Å².